The van der Waals surface area contributed by atoms with Gasteiger partial charge in [0.1, 0.15) is 5.75 Å². The van der Waals surface area contributed by atoms with Crippen molar-refractivity contribution >= 4 is 0 Å². The number of hydrogen-bond acceptors (Lipinski definition) is 3. The predicted octanol–water partition coefficient (Wildman–Crippen LogP) is 3.82. The molecule has 1 heterocycles. The van der Waals surface area contributed by atoms with Crippen molar-refractivity contribution < 1.29 is 4.74 Å². The summed E-state index contributed by atoms with van der Waals surface area (Å²) in [5.41, 5.74) is 4.12. The smallest absolute Gasteiger partial charge is 0.119 e. The zero-order valence-corrected chi connectivity index (χ0v) is 12.7. The van der Waals surface area contributed by atoms with E-state index in [9.17, 15) is 0 Å². The van der Waals surface area contributed by atoms with Crippen LogP contribution in [-0.4, -0.2) is 12.1 Å². The SMILES string of the molecule is COc1ccc2c(c1)CCCC2N[C@@H](C)c1ccncc1. The Labute approximate surface area is 126 Å². The Bertz CT molecular complexity index is 597. The van der Waals surface area contributed by atoms with Crippen LogP contribution in [0.5, 0.6) is 5.75 Å². The molecule has 1 aromatic carbocycles. The lowest BCUT2D eigenvalue weighted by atomic mass is 9.87. The normalized spacial score (nSPS) is 18.9. The second-order valence-electron chi connectivity index (χ2n) is 5.68. The minimum atomic E-state index is 0.325. The number of aromatic nitrogens is 1. The standard InChI is InChI=1S/C18H22N2O/c1-13(14-8-10-19-11-9-14)20-18-5-3-4-15-12-16(21-2)6-7-17(15)18/h6-13,18,20H,3-5H2,1-2H3/t13-,18?/m0/s1. The van der Waals surface area contributed by atoms with Crippen molar-refractivity contribution in [3.8, 4) is 5.75 Å². The molecule has 0 aliphatic heterocycles. The summed E-state index contributed by atoms with van der Waals surface area (Å²) in [6.07, 6.45) is 7.27. The highest BCUT2D eigenvalue weighted by atomic mass is 16.5. The molecule has 1 N–H and O–H groups in total. The van der Waals surface area contributed by atoms with Crippen LogP contribution in [0.4, 0.5) is 0 Å². The maximum absolute atomic E-state index is 5.34. The third-order valence-corrected chi connectivity index (χ3v) is 4.32. The molecule has 1 aliphatic rings. The molecule has 1 aromatic heterocycles. The minimum Gasteiger partial charge on any atom is -0.497 e. The molecule has 21 heavy (non-hydrogen) atoms. The molecule has 1 aliphatic carbocycles. The zero-order chi connectivity index (χ0) is 14.7. The van der Waals surface area contributed by atoms with Gasteiger partial charge in [-0.2, -0.15) is 0 Å². The Morgan fingerprint density at radius 2 is 2.05 bits per heavy atom. The van der Waals surface area contributed by atoms with Gasteiger partial charge >= 0.3 is 0 Å². The summed E-state index contributed by atoms with van der Waals surface area (Å²) in [6.45, 7) is 2.22. The van der Waals surface area contributed by atoms with Gasteiger partial charge in [-0.05, 0) is 67.1 Å². The number of nitrogens with one attached hydrogen (secondary N) is 1. The quantitative estimate of drug-likeness (QED) is 0.925. The molecule has 0 amide bonds. The molecule has 2 atom stereocenters. The van der Waals surface area contributed by atoms with E-state index in [0.29, 0.717) is 12.1 Å². The summed E-state index contributed by atoms with van der Waals surface area (Å²) in [6, 6.07) is 11.4. The molecule has 3 rings (SSSR count). The van der Waals surface area contributed by atoms with E-state index in [4.69, 9.17) is 4.74 Å². The van der Waals surface area contributed by atoms with Gasteiger partial charge in [0, 0.05) is 24.5 Å². The summed E-state index contributed by atoms with van der Waals surface area (Å²) < 4.78 is 5.34. The molecule has 0 saturated heterocycles. The van der Waals surface area contributed by atoms with Crippen molar-refractivity contribution in [3.05, 3.63) is 59.4 Å². The van der Waals surface area contributed by atoms with E-state index in [1.165, 1.54) is 29.5 Å². The van der Waals surface area contributed by atoms with Crippen LogP contribution in [0, 0.1) is 0 Å². The van der Waals surface area contributed by atoms with Gasteiger partial charge in [0.05, 0.1) is 7.11 Å². The molecule has 0 bridgehead atoms. The number of nitrogens with zero attached hydrogens (tertiary/aromatic N) is 1. The maximum atomic E-state index is 5.34. The largest absolute Gasteiger partial charge is 0.497 e. The first-order chi connectivity index (χ1) is 10.3. The second-order valence-corrected chi connectivity index (χ2v) is 5.68. The first kappa shape index (κ1) is 14.1. The summed E-state index contributed by atoms with van der Waals surface area (Å²) in [5, 5.41) is 3.76. The van der Waals surface area contributed by atoms with E-state index in [-0.39, 0.29) is 0 Å². The van der Waals surface area contributed by atoms with Gasteiger partial charge in [-0.15, -0.1) is 0 Å². The van der Waals surface area contributed by atoms with Crippen molar-refractivity contribution in [3.63, 3.8) is 0 Å². The number of aryl methyl sites for hydroxylation is 1. The average molecular weight is 282 g/mol. The Kier molecular flexibility index (Phi) is 4.20. The van der Waals surface area contributed by atoms with Crippen molar-refractivity contribution in [2.45, 2.75) is 38.3 Å². The van der Waals surface area contributed by atoms with Crippen LogP contribution in [0.2, 0.25) is 0 Å². The van der Waals surface area contributed by atoms with Crippen LogP contribution in [-0.2, 0) is 6.42 Å². The van der Waals surface area contributed by atoms with Crippen LogP contribution in [0.3, 0.4) is 0 Å². The minimum absolute atomic E-state index is 0.325. The van der Waals surface area contributed by atoms with Crippen LogP contribution in [0.15, 0.2) is 42.7 Å². The van der Waals surface area contributed by atoms with Crippen LogP contribution < -0.4 is 10.1 Å². The van der Waals surface area contributed by atoms with Gasteiger partial charge in [0.15, 0.2) is 0 Å². The molecular formula is C18H22N2O. The molecule has 1 unspecified atom stereocenters. The average Bonchev–Trinajstić information content (AvgIpc) is 2.55. The van der Waals surface area contributed by atoms with Crippen molar-refractivity contribution in [2.75, 3.05) is 7.11 Å². The topological polar surface area (TPSA) is 34.1 Å². The number of hydrogen-bond donors (Lipinski definition) is 1. The zero-order valence-electron chi connectivity index (χ0n) is 12.7. The lowest BCUT2D eigenvalue weighted by Gasteiger charge is -2.29. The Morgan fingerprint density at radius 1 is 1.24 bits per heavy atom. The number of methoxy groups -OCH3 is 1. The molecule has 110 valence electrons. The van der Waals surface area contributed by atoms with E-state index in [1.54, 1.807) is 7.11 Å². The summed E-state index contributed by atoms with van der Waals surface area (Å²) >= 11 is 0. The van der Waals surface area contributed by atoms with Gasteiger partial charge in [-0.3, -0.25) is 4.98 Å². The molecule has 0 saturated carbocycles. The Hall–Kier alpha value is -1.87. The van der Waals surface area contributed by atoms with E-state index < -0.39 is 0 Å². The molecule has 2 aromatic rings. The van der Waals surface area contributed by atoms with Crippen LogP contribution in [0.25, 0.3) is 0 Å². The fourth-order valence-electron chi connectivity index (χ4n) is 3.14. The lowest BCUT2D eigenvalue weighted by Crippen LogP contribution is -2.27. The first-order valence-electron chi connectivity index (χ1n) is 7.60. The van der Waals surface area contributed by atoms with Crippen LogP contribution in [0.1, 0.15) is 48.5 Å². The third kappa shape index (κ3) is 3.08. The van der Waals surface area contributed by atoms with Crippen molar-refractivity contribution in [2.24, 2.45) is 0 Å². The highest BCUT2D eigenvalue weighted by Crippen LogP contribution is 2.33. The highest BCUT2D eigenvalue weighted by Gasteiger charge is 2.22. The van der Waals surface area contributed by atoms with Crippen molar-refractivity contribution in [1.29, 1.82) is 0 Å². The third-order valence-electron chi connectivity index (χ3n) is 4.32. The molecule has 0 spiro atoms. The fraction of sp³-hybridized carbons (Fsp3) is 0.389. The molecular weight excluding hydrogens is 260 g/mol. The van der Waals surface area contributed by atoms with E-state index in [2.05, 4.69) is 47.6 Å². The first-order valence-corrected chi connectivity index (χ1v) is 7.60. The summed E-state index contributed by atoms with van der Waals surface area (Å²) in [5.74, 6) is 0.955. The number of benzene rings is 1. The molecule has 3 heteroatoms. The van der Waals surface area contributed by atoms with Gasteiger partial charge in [0.2, 0.25) is 0 Å². The fourth-order valence-corrected chi connectivity index (χ4v) is 3.14. The Morgan fingerprint density at radius 3 is 2.81 bits per heavy atom. The summed E-state index contributed by atoms with van der Waals surface area (Å²) in [4.78, 5) is 4.09. The summed E-state index contributed by atoms with van der Waals surface area (Å²) in [7, 11) is 1.73. The maximum Gasteiger partial charge on any atom is 0.119 e. The van der Waals surface area contributed by atoms with Gasteiger partial charge in [0.25, 0.3) is 0 Å². The van der Waals surface area contributed by atoms with Crippen molar-refractivity contribution in [1.82, 2.24) is 10.3 Å². The van der Waals surface area contributed by atoms with E-state index in [1.807, 2.05) is 12.4 Å². The Balaban J connectivity index is 1.79. The van der Waals surface area contributed by atoms with Crippen LogP contribution >= 0.6 is 0 Å². The predicted molar refractivity (Wildman–Crippen MR) is 84.5 cm³/mol. The van der Waals surface area contributed by atoms with Gasteiger partial charge in [-0.25, -0.2) is 0 Å². The number of fused-ring (bicyclic) bond motifs is 1. The van der Waals surface area contributed by atoms with E-state index in [0.717, 1.165) is 12.2 Å². The number of ether oxygens (including phenoxy) is 1. The van der Waals surface area contributed by atoms with Gasteiger partial charge in [-0.1, -0.05) is 6.07 Å². The molecule has 0 fully saturated rings. The monoisotopic (exact) mass is 282 g/mol. The molecule has 3 nitrogen and oxygen atoms in total. The number of pyridine rings is 1. The van der Waals surface area contributed by atoms with Gasteiger partial charge < -0.3 is 10.1 Å². The lowest BCUT2D eigenvalue weighted by molar-refractivity contribution is 0.402. The van der Waals surface area contributed by atoms with E-state index >= 15 is 0 Å². The number of rotatable bonds is 4. The highest BCUT2D eigenvalue weighted by molar-refractivity contribution is 5.39. The second kappa shape index (κ2) is 6.27. The molecule has 0 radical (unpaired) electrons.